The van der Waals surface area contributed by atoms with E-state index in [1.54, 1.807) is 0 Å². The Kier molecular flexibility index (Phi) is 6.51. The standard InChI is InChI=1S/C17H14ClFN2O5/c1-25-14-7-4-11(8-13(14)19)17(24)26-9-15(22)20-21-16(23)10-2-5-12(18)6-3-10/h2-8H,9H2,1H3,(H,20,22)(H,21,23). The SMILES string of the molecule is COc1ccc(C(=O)OCC(=O)NNC(=O)c2ccc(Cl)cc2)cc1F. The predicted octanol–water partition coefficient (Wildman–Crippen LogP) is 2.11. The minimum absolute atomic E-state index is 0.0239. The molecule has 2 aromatic carbocycles. The molecule has 0 aromatic heterocycles. The Morgan fingerprint density at radius 3 is 2.31 bits per heavy atom. The number of nitrogens with one attached hydrogen (secondary N) is 2. The lowest BCUT2D eigenvalue weighted by atomic mass is 10.2. The normalized spacial score (nSPS) is 9.96. The quantitative estimate of drug-likeness (QED) is 0.612. The van der Waals surface area contributed by atoms with Crippen LogP contribution >= 0.6 is 11.6 Å². The van der Waals surface area contributed by atoms with E-state index in [0.717, 1.165) is 6.07 Å². The number of rotatable bonds is 5. The molecular formula is C17H14ClFN2O5. The zero-order chi connectivity index (χ0) is 19.1. The molecule has 7 nitrogen and oxygen atoms in total. The fraction of sp³-hybridized carbons (Fsp3) is 0.118. The number of ether oxygens (including phenoxy) is 2. The number of amides is 2. The van der Waals surface area contributed by atoms with E-state index in [2.05, 4.69) is 10.9 Å². The predicted molar refractivity (Wildman–Crippen MR) is 90.3 cm³/mol. The van der Waals surface area contributed by atoms with Crippen LogP contribution in [-0.4, -0.2) is 31.5 Å². The molecule has 0 aliphatic heterocycles. The summed E-state index contributed by atoms with van der Waals surface area (Å²) in [6.07, 6.45) is 0. The number of benzene rings is 2. The number of esters is 1. The van der Waals surface area contributed by atoms with Crippen molar-refractivity contribution in [2.24, 2.45) is 0 Å². The largest absolute Gasteiger partial charge is 0.494 e. The third-order valence-electron chi connectivity index (χ3n) is 3.14. The van der Waals surface area contributed by atoms with Crippen molar-refractivity contribution in [3.05, 3.63) is 64.4 Å². The van der Waals surface area contributed by atoms with Gasteiger partial charge in [-0.2, -0.15) is 0 Å². The van der Waals surface area contributed by atoms with Crippen LogP contribution in [0.4, 0.5) is 4.39 Å². The number of hydrazine groups is 1. The first-order chi connectivity index (χ1) is 12.4. The van der Waals surface area contributed by atoms with Crippen LogP contribution in [0.15, 0.2) is 42.5 Å². The van der Waals surface area contributed by atoms with Crippen molar-refractivity contribution < 1.29 is 28.2 Å². The second-order valence-electron chi connectivity index (χ2n) is 4.93. The molecule has 0 unspecified atom stereocenters. The summed E-state index contributed by atoms with van der Waals surface area (Å²) in [4.78, 5) is 35.2. The van der Waals surface area contributed by atoms with Crippen LogP contribution < -0.4 is 15.6 Å². The average molecular weight is 381 g/mol. The third-order valence-corrected chi connectivity index (χ3v) is 3.40. The molecule has 2 N–H and O–H groups in total. The topological polar surface area (TPSA) is 93.7 Å². The second kappa shape index (κ2) is 8.82. The van der Waals surface area contributed by atoms with E-state index in [9.17, 15) is 18.8 Å². The molecule has 0 heterocycles. The van der Waals surface area contributed by atoms with E-state index in [-0.39, 0.29) is 16.9 Å². The Morgan fingerprint density at radius 2 is 1.69 bits per heavy atom. The van der Waals surface area contributed by atoms with Crippen LogP contribution in [0.25, 0.3) is 0 Å². The van der Waals surface area contributed by atoms with Crippen LogP contribution in [0.3, 0.4) is 0 Å². The summed E-state index contributed by atoms with van der Waals surface area (Å²) in [5.74, 6) is -3.00. The molecule has 0 saturated heterocycles. The minimum Gasteiger partial charge on any atom is -0.494 e. The molecule has 0 atom stereocenters. The van der Waals surface area contributed by atoms with E-state index in [0.29, 0.717) is 5.02 Å². The van der Waals surface area contributed by atoms with Crippen molar-refractivity contribution in [1.29, 1.82) is 0 Å². The van der Waals surface area contributed by atoms with Crippen LogP contribution in [0.2, 0.25) is 5.02 Å². The maximum atomic E-state index is 13.5. The zero-order valence-electron chi connectivity index (χ0n) is 13.5. The van der Waals surface area contributed by atoms with E-state index in [4.69, 9.17) is 21.1 Å². The summed E-state index contributed by atoms with van der Waals surface area (Å²) >= 11 is 5.71. The van der Waals surface area contributed by atoms with Crippen molar-refractivity contribution >= 4 is 29.4 Å². The first kappa shape index (κ1) is 19.2. The molecule has 0 bridgehead atoms. The number of methoxy groups -OCH3 is 1. The Morgan fingerprint density at radius 1 is 1.04 bits per heavy atom. The smallest absolute Gasteiger partial charge is 0.338 e. The van der Waals surface area contributed by atoms with Gasteiger partial charge in [0.05, 0.1) is 12.7 Å². The molecule has 2 rings (SSSR count). The first-order valence-corrected chi connectivity index (χ1v) is 7.64. The lowest BCUT2D eigenvalue weighted by Gasteiger charge is -2.09. The van der Waals surface area contributed by atoms with Gasteiger partial charge in [-0.1, -0.05) is 11.6 Å². The number of hydrogen-bond donors (Lipinski definition) is 2. The highest BCUT2D eigenvalue weighted by atomic mass is 35.5. The highest BCUT2D eigenvalue weighted by molar-refractivity contribution is 6.30. The minimum atomic E-state index is -0.897. The van der Waals surface area contributed by atoms with Gasteiger partial charge < -0.3 is 9.47 Å². The molecule has 0 aliphatic carbocycles. The van der Waals surface area contributed by atoms with Gasteiger partial charge >= 0.3 is 5.97 Å². The fourth-order valence-electron chi connectivity index (χ4n) is 1.84. The first-order valence-electron chi connectivity index (χ1n) is 7.26. The van der Waals surface area contributed by atoms with Crippen LogP contribution in [-0.2, 0) is 9.53 Å². The van der Waals surface area contributed by atoms with Gasteiger partial charge in [0.1, 0.15) is 0 Å². The summed E-state index contributed by atoms with van der Waals surface area (Å²) < 4.78 is 23.0. The van der Waals surface area contributed by atoms with Crippen LogP contribution in [0.1, 0.15) is 20.7 Å². The van der Waals surface area contributed by atoms with E-state index >= 15 is 0 Å². The van der Waals surface area contributed by atoms with Gasteiger partial charge in [0.2, 0.25) is 0 Å². The van der Waals surface area contributed by atoms with Crippen molar-refractivity contribution in [1.82, 2.24) is 10.9 Å². The van der Waals surface area contributed by atoms with Crippen molar-refractivity contribution in [3.63, 3.8) is 0 Å². The van der Waals surface area contributed by atoms with Crippen molar-refractivity contribution in [3.8, 4) is 5.75 Å². The van der Waals surface area contributed by atoms with Gasteiger partial charge in [-0.25, -0.2) is 9.18 Å². The van der Waals surface area contributed by atoms with Crippen LogP contribution in [0, 0.1) is 5.82 Å². The Hall–Kier alpha value is -3.13. The van der Waals surface area contributed by atoms with Gasteiger partial charge in [0, 0.05) is 10.6 Å². The highest BCUT2D eigenvalue weighted by Crippen LogP contribution is 2.18. The molecule has 0 spiro atoms. The van der Waals surface area contributed by atoms with Crippen molar-refractivity contribution in [2.45, 2.75) is 0 Å². The average Bonchev–Trinajstić information content (AvgIpc) is 2.64. The maximum absolute atomic E-state index is 13.5. The molecule has 0 aliphatic rings. The second-order valence-corrected chi connectivity index (χ2v) is 5.37. The summed E-state index contributed by atoms with van der Waals surface area (Å²) in [5, 5.41) is 0.465. The lowest BCUT2D eigenvalue weighted by molar-refractivity contribution is -0.125. The molecular weight excluding hydrogens is 367 g/mol. The van der Waals surface area contributed by atoms with Gasteiger partial charge in [-0.15, -0.1) is 0 Å². The van der Waals surface area contributed by atoms with Crippen molar-refractivity contribution in [2.75, 3.05) is 13.7 Å². The molecule has 26 heavy (non-hydrogen) atoms. The lowest BCUT2D eigenvalue weighted by Crippen LogP contribution is -2.43. The molecule has 2 aromatic rings. The van der Waals surface area contributed by atoms with E-state index in [1.165, 1.54) is 43.5 Å². The number of carbonyl (C=O) groups is 3. The number of halogens is 2. The van der Waals surface area contributed by atoms with Gasteiger partial charge in [-0.3, -0.25) is 20.4 Å². The van der Waals surface area contributed by atoms with E-state index < -0.39 is 30.2 Å². The number of hydrogen-bond acceptors (Lipinski definition) is 5. The number of carbonyl (C=O) groups excluding carboxylic acids is 3. The Labute approximate surface area is 153 Å². The summed E-state index contributed by atoms with van der Waals surface area (Å²) in [7, 11) is 1.29. The highest BCUT2D eigenvalue weighted by Gasteiger charge is 2.14. The van der Waals surface area contributed by atoms with E-state index in [1.807, 2.05) is 0 Å². The molecule has 0 saturated carbocycles. The van der Waals surface area contributed by atoms with Gasteiger partial charge in [-0.05, 0) is 42.5 Å². The molecule has 2 amide bonds. The summed E-state index contributed by atoms with van der Waals surface area (Å²) in [6, 6.07) is 9.48. The van der Waals surface area contributed by atoms with Crippen LogP contribution in [0.5, 0.6) is 5.75 Å². The third kappa shape index (κ3) is 5.18. The zero-order valence-corrected chi connectivity index (χ0v) is 14.3. The molecule has 9 heteroatoms. The Balaban J connectivity index is 1.81. The maximum Gasteiger partial charge on any atom is 0.338 e. The molecule has 0 radical (unpaired) electrons. The molecule has 136 valence electrons. The van der Waals surface area contributed by atoms with Gasteiger partial charge in [0.25, 0.3) is 11.8 Å². The summed E-state index contributed by atoms with van der Waals surface area (Å²) in [5.41, 5.74) is 4.44. The van der Waals surface area contributed by atoms with Gasteiger partial charge in [0.15, 0.2) is 18.2 Å². The fourth-order valence-corrected chi connectivity index (χ4v) is 1.97. The Bertz CT molecular complexity index is 826. The summed E-state index contributed by atoms with van der Waals surface area (Å²) in [6.45, 7) is -0.659. The monoisotopic (exact) mass is 380 g/mol. The molecule has 0 fully saturated rings.